The van der Waals surface area contributed by atoms with Crippen LogP contribution < -0.4 is 10.1 Å². The molecule has 1 amide bonds. The Hall–Kier alpha value is -3.19. The molecule has 0 saturated carbocycles. The van der Waals surface area contributed by atoms with Gasteiger partial charge in [-0.15, -0.1) is 11.3 Å². The molecule has 0 atom stereocenters. The number of amides is 1. The van der Waals surface area contributed by atoms with Crippen LogP contribution >= 0.6 is 11.3 Å². The molecule has 30 heavy (non-hydrogen) atoms. The van der Waals surface area contributed by atoms with Gasteiger partial charge in [0.1, 0.15) is 10.8 Å². The second-order valence-corrected chi connectivity index (χ2v) is 7.42. The second kappa shape index (κ2) is 10.5. The third-order valence-electron chi connectivity index (χ3n) is 4.42. The summed E-state index contributed by atoms with van der Waals surface area (Å²) in [5.74, 6) is 0.407. The molecule has 0 unspecified atom stereocenters. The Kier molecular flexibility index (Phi) is 7.57. The number of ether oxygens (including phenoxy) is 2. The first-order valence-corrected chi connectivity index (χ1v) is 10.6. The predicted octanol–water partition coefficient (Wildman–Crippen LogP) is 3.90. The topological polar surface area (TPSA) is 77.5 Å². The van der Waals surface area contributed by atoms with Crippen molar-refractivity contribution in [2.75, 3.05) is 20.3 Å². The first-order chi connectivity index (χ1) is 14.6. The maximum absolute atomic E-state index is 12.2. The monoisotopic (exact) mass is 424 g/mol. The fraction of sp³-hybridized carbons (Fsp3) is 0.261. The molecule has 1 N–H and O–H groups in total. The second-order valence-electron chi connectivity index (χ2n) is 6.57. The summed E-state index contributed by atoms with van der Waals surface area (Å²) in [5, 5.41) is 5.71. The first-order valence-electron chi connectivity index (χ1n) is 9.70. The number of hydrogen-bond donors (Lipinski definition) is 1. The van der Waals surface area contributed by atoms with E-state index in [0.29, 0.717) is 25.1 Å². The lowest BCUT2D eigenvalue weighted by atomic mass is 10.1. The van der Waals surface area contributed by atoms with Gasteiger partial charge in [0, 0.05) is 17.5 Å². The van der Waals surface area contributed by atoms with Crippen molar-refractivity contribution in [3.05, 3.63) is 70.7 Å². The van der Waals surface area contributed by atoms with Crippen molar-refractivity contribution in [3.8, 4) is 16.3 Å². The third kappa shape index (κ3) is 5.90. The van der Waals surface area contributed by atoms with E-state index in [2.05, 4.69) is 15.0 Å². The van der Waals surface area contributed by atoms with E-state index < -0.39 is 0 Å². The molecule has 0 spiro atoms. The number of nitrogens with one attached hydrogen (secondary N) is 1. The number of thiazole rings is 1. The van der Waals surface area contributed by atoms with Crippen LogP contribution in [-0.4, -0.2) is 37.1 Å². The molecule has 7 heteroatoms. The lowest BCUT2D eigenvalue weighted by Gasteiger charge is -2.05. The maximum Gasteiger partial charge on any atom is 0.337 e. The highest BCUT2D eigenvalue weighted by Gasteiger charge is 2.10. The molecule has 0 aliphatic carbocycles. The summed E-state index contributed by atoms with van der Waals surface area (Å²) in [4.78, 5) is 28.2. The Bertz CT molecular complexity index is 981. The summed E-state index contributed by atoms with van der Waals surface area (Å²) in [5.41, 5.74) is 3.31. The van der Waals surface area contributed by atoms with Gasteiger partial charge in [0.15, 0.2) is 0 Å². The number of nitrogens with zero attached hydrogens (tertiary/aromatic N) is 1. The van der Waals surface area contributed by atoms with E-state index in [1.807, 2.05) is 48.7 Å². The van der Waals surface area contributed by atoms with E-state index in [9.17, 15) is 9.59 Å². The van der Waals surface area contributed by atoms with Crippen LogP contribution in [0.1, 0.15) is 28.5 Å². The van der Waals surface area contributed by atoms with Gasteiger partial charge < -0.3 is 14.8 Å². The van der Waals surface area contributed by atoms with Crippen molar-refractivity contribution in [1.29, 1.82) is 0 Å². The van der Waals surface area contributed by atoms with Crippen LogP contribution in [0.25, 0.3) is 10.6 Å². The van der Waals surface area contributed by atoms with Crippen molar-refractivity contribution in [3.63, 3.8) is 0 Å². The SMILES string of the molecule is CCOc1ccc(-c2nc(CC(=O)NCCc3ccc(C(=O)OC)cc3)cs2)cc1. The van der Waals surface area contributed by atoms with Crippen molar-refractivity contribution in [1.82, 2.24) is 10.3 Å². The number of rotatable bonds is 9. The highest BCUT2D eigenvalue weighted by atomic mass is 32.1. The molecule has 0 saturated heterocycles. The Morgan fingerprint density at radius 2 is 1.80 bits per heavy atom. The largest absolute Gasteiger partial charge is 0.494 e. The van der Waals surface area contributed by atoms with Gasteiger partial charge in [0.25, 0.3) is 0 Å². The molecular weight excluding hydrogens is 400 g/mol. The summed E-state index contributed by atoms with van der Waals surface area (Å²) in [6.07, 6.45) is 0.927. The molecular formula is C23H24N2O4S. The smallest absolute Gasteiger partial charge is 0.337 e. The van der Waals surface area contributed by atoms with Crippen molar-refractivity contribution < 1.29 is 19.1 Å². The average molecular weight is 425 g/mol. The average Bonchev–Trinajstić information content (AvgIpc) is 3.23. The number of carbonyl (C=O) groups is 2. The summed E-state index contributed by atoms with van der Waals surface area (Å²) in [7, 11) is 1.36. The van der Waals surface area contributed by atoms with Crippen LogP contribution in [0.3, 0.4) is 0 Å². The molecule has 156 valence electrons. The fourth-order valence-corrected chi connectivity index (χ4v) is 3.71. The van der Waals surface area contributed by atoms with Gasteiger partial charge in [0.2, 0.25) is 5.91 Å². The van der Waals surface area contributed by atoms with Crippen LogP contribution in [-0.2, 0) is 22.4 Å². The standard InChI is InChI=1S/C23H24N2O4S/c1-3-29-20-10-8-17(9-11-20)22-25-19(15-30-22)14-21(26)24-13-12-16-4-6-18(7-5-16)23(27)28-2/h4-11,15H,3,12-14H2,1-2H3,(H,24,26). The minimum absolute atomic E-state index is 0.0651. The van der Waals surface area contributed by atoms with Gasteiger partial charge in [-0.2, -0.15) is 0 Å². The molecule has 0 aliphatic heterocycles. The zero-order valence-electron chi connectivity index (χ0n) is 17.0. The maximum atomic E-state index is 12.2. The Morgan fingerprint density at radius 3 is 2.47 bits per heavy atom. The van der Waals surface area contributed by atoms with Gasteiger partial charge in [-0.3, -0.25) is 4.79 Å². The molecule has 6 nitrogen and oxygen atoms in total. The van der Waals surface area contributed by atoms with Gasteiger partial charge >= 0.3 is 5.97 Å². The van der Waals surface area contributed by atoms with Gasteiger partial charge in [-0.25, -0.2) is 9.78 Å². The number of hydrogen-bond acceptors (Lipinski definition) is 6. The lowest BCUT2D eigenvalue weighted by Crippen LogP contribution is -2.27. The third-order valence-corrected chi connectivity index (χ3v) is 5.36. The Balaban J connectivity index is 1.47. The molecule has 0 radical (unpaired) electrons. The minimum Gasteiger partial charge on any atom is -0.494 e. The van der Waals surface area contributed by atoms with E-state index in [1.54, 1.807) is 12.1 Å². The van der Waals surface area contributed by atoms with E-state index in [-0.39, 0.29) is 18.3 Å². The summed E-state index contributed by atoms with van der Waals surface area (Å²) in [6, 6.07) is 15.0. The lowest BCUT2D eigenvalue weighted by molar-refractivity contribution is -0.120. The molecule has 1 heterocycles. The van der Waals surface area contributed by atoms with Crippen molar-refractivity contribution in [2.45, 2.75) is 19.8 Å². The number of methoxy groups -OCH3 is 1. The molecule has 2 aromatic carbocycles. The quantitative estimate of drug-likeness (QED) is 0.527. The normalized spacial score (nSPS) is 10.5. The summed E-state index contributed by atoms with van der Waals surface area (Å²) < 4.78 is 10.1. The van der Waals surface area contributed by atoms with Crippen molar-refractivity contribution >= 4 is 23.2 Å². The number of esters is 1. The fourth-order valence-electron chi connectivity index (χ4n) is 2.88. The Morgan fingerprint density at radius 1 is 1.07 bits per heavy atom. The predicted molar refractivity (Wildman–Crippen MR) is 117 cm³/mol. The highest BCUT2D eigenvalue weighted by Crippen LogP contribution is 2.26. The summed E-state index contributed by atoms with van der Waals surface area (Å²) >= 11 is 1.52. The van der Waals surface area contributed by atoms with Crippen LogP contribution in [0.15, 0.2) is 53.9 Å². The molecule has 0 fully saturated rings. The minimum atomic E-state index is -0.359. The van der Waals surface area contributed by atoms with Gasteiger partial charge in [-0.1, -0.05) is 12.1 Å². The Labute approximate surface area is 179 Å². The van der Waals surface area contributed by atoms with Crippen LogP contribution in [0, 0.1) is 0 Å². The van der Waals surface area contributed by atoms with Crippen LogP contribution in [0.4, 0.5) is 0 Å². The van der Waals surface area contributed by atoms with Crippen LogP contribution in [0.2, 0.25) is 0 Å². The van der Waals surface area contributed by atoms with E-state index in [1.165, 1.54) is 18.4 Å². The molecule has 0 bridgehead atoms. The highest BCUT2D eigenvalue weighted by molar-refractivity contribution is 7.13. The van der Waals surface area contributed by atoms with Crippen molar-refractivity contribution in [2.24, 2.45) is 0 Å². The number of benzene rings is 2. The molecule has 3 rings (SSSR count). The number of carbonyl (C=O) groups excluding carboxylic acids is 2. The van der Waals surface area contributed by atoms with E-state index in [4.69, 9.17) is 4.74 Å². The van der Waals surface area contributed by atoms with Gasteiger partial charge in [-0.05, 0) is 55.3 Å². The first kappa shape index (κ1) is 21.5. The van der Waals surface area contributed by atoms with E-state index >= 15 is 0 Å². The van der Waals surface area contributed by atoms with E-state index in [0.717, 1.165) is 27.6 Å². The van der Waals surface area contributed by atoms with Gasteiger partial charge in [0.05, 0.1) is 31.4 Å². The number of aromatic nitrogens is 1. The van der Waals surface area contributed by atoms with Crippen LogP contribution in [0.5, 0.6) is 5.75 Å². The molecule has 3 aromatic rings. The zero-order valence-corrected chi connectivity index (χ0v) is 17.8. The zero-order chi connectivity index (χ0) is 21.3. The molecule has 1 aromatic heterocycles. The molecule has 0 aliphatic rings. The summed E-state index contributed by atoms with van der Waals surface area (Å²) in [6.45, 7) is 3.10.